The van der Waals surface area contributed by atoms with Gasteiger partial charge in [0.25, 0.3) is 0 Å². The van der Waals surface area contributed by atoms with E-state index in [9.17, 15) is 0 Å². The van der Waals surface area contributed by atoms with Crippen molar-refractivity contribution in [3.63, 3.8) is 0 Å². The van der Waals surface area contributed by atoms with E-state index in [0.29, 0.717) is 6.04 Å². The molecule has 1 unspecified atom stereocenters. The standard InChI is InChI=1S/C16H15ClN2/c1-19-16(13-5-3-2-4-6-13)11-15(18-19)12-7-9-14(17)10-8-12/h2-10,16H,11H2,1H3. The van der Waals surface area contributed by atoms with Crippen LogP contribution < -0.4 is 0 Å². The Labute approximate surface area is 118 Å². The number of hydrogen-bond donors (Lipinski definition) is 0. The molecule has 2 nitrogen and oxygen atoms in total. The SMILES string of the molecule is CN1N=C(c2ccc(Cl)cc2)CC1c1ccccc1. The van der Waals surface area contributed by atoms with Crippen LogP contribution in [-0.4, -0.2) is 17.8 Å². The van der Waals surface area contributed by atoms with Gasteiger partial charge in [0.2, 0.25) is 0 Å². The summed E-state index contributed by atoms with van der Waals surface area (Å²) < 4.78 is 0. The van der Waals surface area contributed by atoms with Crippen molar-refractivity contribution in [3.8, 4) is 0 Å². The zero-order valence-electron chi connectivity index (χ0n) is 10.8. The van der Waals surface area contributed by atoms with E-state index in [0.717, 1.165) is 22.7 Å². The Morgan fingerprint density at radius 1 is 1.05 bits per heavy atom. The molecule has 1 heterocycles. The third-order valence-electron chi connectivity index (χ3n) is 3.48. The molecule has 3 rings (SSSR count). The molecule has 19 heavy (non-hydrogen) atoms. The summed E-state index contributed by atoms with van der Waals surface area (Å²) in [7, 11) is 2.03. The molecular formula is C16H15ClN2. The quantitative estimate of drug-likeness (QED) is 0.801. The molecule has 0 N–H and O–H groups in total. The normalized spacial score (nSPS) is 18.5. The summed E-state index contributed by atoms with van der Waals surface area (Å²) in [6, 6.07) is 18.7. The molecule has 0 radical (unpaired) electrons. The summed E-state index contributed by atoms with van der Waals surface area (Å²) in [6.07, 6.45) is 0.933. The molecule has 0 spiro atoms. The monoisotopic (exact) mass is 270 g/mol. The van der Waals surface area contributed by atoms with Crippen molar-refractivity contribution in [2.45, 2.75) is 12.5 Å². The molecule has 1 aliphatic rings. The minimum absolute atomic E-state index is 0.326. The van der Waals surface area contributed by atoms with Gasteiger partial charge in [-0.15, -0.1) is 0 Å². The molecule has 3 heteroatoms. The molecule has 0 amide bonds. The number of hydrogen-bond acceptors (Lipinski definition) is 2. The predicted molar refractivity (Wildman–Crippen MR) is 79.6 cm³/mol. The molecule has 1 atom stereocenters. The van der Waals surface area contributed by atoms with Crippen molar-refractivity contribution < 1.29 is 0 Å². The zero-order chi connectivity index (χ0) is 13.2. The molecule has 96 valence electrons. The lowest BCUT2D eigenvalue weighted by Gasteiger charge is -2.18. The highest BCUT2D eigenvalue weighted by atomic mass is 35.5. The lowest BCUT2D eigenvalue weighted by atomic mass is 9.99. The highest BCUT2D eigenvalue weighted by Crippen LogP contribution is 2.31. The highest BCUT2D eigenvalue weighted by molar-refractivity contribution is 6.30. The third-order valence-corrected chi connectivity index (χ3v) is 3.73. The van der Waals surface area contributed by atoms with Gasteiger partial charge >= 0.3 is 0 Å². The van der Waals surface area contributed by atoms with E-state index in [1.165, 1.54) is 5.56 Å². The van der Waals surface area contributed by atoms with Gasteiger partial charge in [-0.2, -0.15) is 5.10 Å². The van der Waals surface area contributed by atoms with Gasteiger partial charge in [0.05, 0.1) is 11.8 Å². The van der Waals surface area contributed by atoms with Crippen LogP contribution in [0.3, 0.4) is 0 Å². The molecule has 0 aromatic heterocycles. The van der Waals surface area contributed by atoms with Gasteiger partial charge in [0, 0.05) is 18.5 Å². The first-order valence-electron chi connectivity index (χ1n) is 6.35. The molecule has 2 aromatic carbocycles. The number of rotatable bonds is 2. The third kappa shape index (κ3) is 2.49. The summed E-state index contributed by atoms with van der Waals surface area (Å²) in [5.41, 5.74) is 3.57. The van der Waals surface area contributed by atoms with Gasteiger partial charge in [0.1, 0.15) is 0 Å². The summed E-state index contributed by atoms with van der Waals surface area (Å²) in [5, 5.41) is 7.45. The lowest BCUT2D eigenvalue weighted by Crippen LogP contribution is -2.13. The zero-order valence-corrected chi connectivity index (χ0v) is 11.5. The van der Waals surface area contributed by atoms with Crippen molar-refractivity contribution >= 4 is 17.3 Å². The van der Waals surface area contributed by atoms with E-state index in [1.54, 1.807) is 0 Å². The van der Waals surface area contributed by atoms with Crippen molar-refractivity contribution in [1.82, 2.24) is 5.01 Å². The fraction of sp³-hybridized carbons (Fsp3) is 0.188. The Hall–Kier alpha value is -1.80. The first kappa shape index (κ1) is 12.2. The molecule has 1 aliphatic heterocycles. The van der Waals surface area contributed by atoms with E-state index < -0.39 is 0 Å². The number of halogens is 1. The van der Waals surface area contributed by atoms with E-state index in [4.69, 9.17) is 11.6 Å². The molecule has 0 bridgehead atoms. The second-order valence-corrected chi connectivity index (χ2v) is 5.19. The van der Waals surface area contributed by atoms with Crippen LogP contribution in [0.15, 0.2) is 59.7 Å². The van der Waals surface area contributed by atoms with Crippen molar-refractivity contribution in [2.75, 3.05) is 7.05 Å². The fourth-order valence-electron chi connectivity index (χ4n) is 2.44. The maximum absolute atomic E-state index is 5.92. The van der Waals surface area contributed by atoms with E-state index in [-0.39, 0.29) is 0 Å². The summed E-state index contributed by atoms with van der Waals surface area (Å²) in [6.45, 7) is 0. The Kier molecular flexibility index (Phi) is 3.26. The Balaban J connectivity index is 1.84. The second kappa shape index (κ2) is 5.06. The van der Waals surface area contributed by atoms with Crippen LogP contribution in [0.4, 0.5) is 0 Å². The smallest absolute Gasteiger partial charge is 0.0773 e. The van der Waals surface area contributed by atoms with Crippen LogP contribution in [0.25, 0.3) is 0 Å². The first-order valence-corrected chi connectivity index (χ1v) is 6.73. The Morgan fingerprint density at radius 3 is 2.42 bits per heavy atom. The van der Waals surface area contributed by atoms with Crippen LogP contribution in [0.1, 0.15) is 23.6 Å². The Bertz CT molecular complexity index is 590. The average Bonchev–Trinajstić information content (AvgIpc) is 2.83. The highest BCUT2D eigenvalue weighted by Gasteiger charge is 2.25. The van der Waals surface area contributed by atoms with Gasteiger partial charge in [-0.05, 0) is 23.3 Å². The topological polar surface area (TPSA) is 15.6 Å². The van der Waals surface area contributed by atoms with E-state index >= 15 is 0 Å². The van der Waals surface area contributed by atoms with E-state index in [1.807, 2.05) is 42.4 Å². The van der Waals surface area contributed by atoms with Gasteiger partial charge in [0.15, 0.2) is 0 Å². The van der Waals surface area contributed by atoms with Crippen molar-refractivity contribution in [1.29, 1.82) is 0 Å². The molecular weight excluding hydrogens is 256 g/mol. The largest absolute Gasteiger partial charge is 0.292 e. The maximum atomic E-state index is 5.92. The molecule has 2 aromatic rings. The van der Waals surface area contributed by atoms with Crippen LogP contribution in [0, 0.1) is 0 Å². The second-order valence-electron chi connectivity index (χ2n) is 4.76. The van der Waals surface area contributed by atoms with Gasteiger partial charge in [-0.3, -0.25) is 5.01 Å². The average molecular weight is 271 g/mol. The molecule has 0 saturated heterocycles. The van der Waals surface area contributed by atoms with Crippen LogP contribution in [-0.2, 0) is 0 Å². The number of benzene rings is 2. The minimum Gasteiger partial charge on any atom is -0.292 e. The van der Waals surface area contributed by atoms with Crippen molar-refractivity contribution in [3.05, 3.63) is 70.7 Å². The minimum atomic E-state index is 0.326. The molecule has 0 saturated carbocycles. The molecule has 0 aliphatic carbocycles. The maximum Gasteiger partial charge on any atom is 0.0773 e. The number of nitrogens with zero attached hydrogens (tertiary/aromatic N) is 2. The summed E-state index contributed by atoms with van der Waals surface area (Å²) in [5.74, 6) is 0. The van der Waals surface area contributed by atoms with Gasteiger partial charge < -0.3 is 0 Å². The van der Waals surface area contributed by atoms with Gasteiger partial charge in [-0.1, -0.05) is 54.1 Å². The van der Waals surface area contributed by atoms with Crippen LogP contribution in [0.2, 0.25) is 5.02 Å². The number of hydrazone groups is 1. The van der Waals surface area contributed by atoms with Crippen LogP contribution in [0.5, 0.6) is 0 Å². The van der Waals surface area contributed by atoms with Crippen molar-refractivity contribution in [2.24, 2.45) is 5.10 Å². The van der Waals surface area contributed by atoms with Gasteiger partial charge in [-0.25, -0.2) is 0 Å². The summed E-state index contributed by atoms with van der Waals surface area (Å²) >= 11 is 5.92. The summed E-state index contributed by atoms with van der Waals surface area (Å²) in [4.78, 5) is 0. The fourth-order valence-corrected chi connectivity index (χ4v) is 2.57. The Morgan fingerprint density at radius 2 is 1.74 bits per heavy atom. The first-order chi connectivity index (χ1) is 9.24. The van der Waals surface area contributed by atoms with E-state index in [2.05, 4.69) is 29.4 Å². The predicted octanol–water partition coefficient (Wildman–Crippen LogP) is 4.12. The lowest BCUT2D eigenvalue weighted by molar-refractivity contribution is 0.290. The molecule has 0 fully saturated rings. The van der Waals surface area contributed by atoms with Crippen LogP contribution >= 0.6 is 11.6 Å².